The number of nitrogens with zero attached hydrogens (tertiary/aromatic N) is 2. The van der Waals surface area contributed by atoms with Gasteiger partial charge in [0, 0.05) is 48.1 Å². The van der Waals surface area contributed by atoms with Crippen molar-refractivity contribution in [1.82, 2.24) is 25.4 Å². The Kier molecular flexibility index (Phi) is 4.16. The Labute approximate surface area is 167 Å². The summed E-state index contributed by atoms with van der Waals surface area (Å²) in [7, 11) is 1.55. The molecule has 2 aliphatic rings. The zero-order valence-electron chi connectivity index (χ0n) is 16.3. The van der Waals surface area contributed by atoms with Gasteiger partial charge in [-0.25, -0.2) is 0 Å². The Morgan fingerprint density at radius 1 is 1.24 bits per heavy atom. The maximum absolute atomic E-state index is 13.1. The van der Waals surface area contributed by atoms with Gasteiger partial charge in [-0.3, -0.25) is 14.3 Å². The normalized spacial score (nSPS) is 23.6. The molecular weight excluding hydrogens is 370 g/mol. The molecule has 150 valence electrons. The molecule has 3 aromatic rings. The number of hydrogen-bond acceptors (Lipinski definition) is 4. The second kappa shape index (κ2) is 6.73. The van der Waals surface area contributed by atoms with E-state index in [1.165, 1.54) is 0 Å². The third-order valence-electron chi connectivity index (χ3n) is 6.12. The molecule has 8 nitrogen and oxygen atoms in total. The predicted molar refractivity (Wildman–Crippen MR) is 107 cm³/mol. The van der Waals surface area contributed by atoms with Crippen molar-refractivity contribution in [2.45, 2.75) is 19.0 Å². The molecular formula is C21H23N5O3. The highest BCUT2D eigenvalue weighted by atomic mass is 16.5. The number of ether oxygens (including phenoxy) is 1. The minimum Gasteiger partial charge on any atom is -0.381 e. The molecule has 1 aliphatic heterocycles. The van der Waals surface area contributed by atoms with Gasteiger partial charge >= 0.3 is 0 Å². The number of aromatic amines is 1. The Hall–Kier alpha value is -3.13. The van der Waals surface area contributed by atoms with Crippen LogP contribution in [-0.4, -0.2) is 52.9 Å². The summed E-state index contributed by atoms with van der Waals surface area (Å²) in [6.07, 6.45) is 1.89. The lowest BCUT2D eigenvalue weighted by molar-refractivity contribution is 0.0915. The van der Waals surface area contributed by atoms with Gasteiger partial charge in [0.2, 0.25) is 0 Å². The second-order valence-electron chi connectivity index (χ2n) is 7.77. The second-order valence-corrected chi connectivity index (χ2v) is 7.77. The molecule has 8 heteroatoms. The molecule has 29 heavy (non-hydrogen) atoms. The Balaban J connectivity index is 1.50. The molecule has 5 rings (SSSR count). The molecule has 3 atom stereocenters. The van der Waals surface area contributed by atoms with Crippen LogP contribution in [0.5, 0.6) is 0 Å². The molecule has 1 saturated carbocycles. The summed E-state index contributed by atoms with van der Waals surface area (Å²) in [6.45, 7) is 3.38. The van der Waals surface area contributed by atoms with Gasteiger partial charge in [-0.1, -0.05) is 12.1 Å². The first-order valence-electron chi connectivity index (χ1n) is 9.84. The van der Waals surface area contributed by atoms with Gasteiger partial charge in [0.15, 0.2) is 5.69 Å². The quantitative estimate of drug-likeness (QED) is 0.614. The lowest BCUT2D eigenvalue weighted by atomic mass is 10.0. The first kappa shape index (κ1) is 17.9. The van der Waals surface area contributed by atoms with Crippen molar-refractivity contribution >= 4 is 22.7 Å². The molecule has 1 saturated heterocycles. The SMILES string of the molecule is CNC(=O)c1cc(C(=O)NC2C3COCC32)n(C(C)c2cccc3[nH]ccc23)n1. The van der Waals surface area contributed by atoms with E-state index in [4.69, 9.17) is 4.74 Å². The molecule has 0 spiro atoms. The predicted octanol–water partition coefficient (Wildman–Crippen LogP) is 1.71. The van der Waals surface area contributed by atoms with Crippen LogP contribution in [0.25, 0.3) is 10.9 Å². The summed E-state index contributed by atoms with van der Waals surface area (Å²) in [5.74, 6) is 0.279. The maximum atomic E-state index is 13.1. The third kappa shape index (κ3) is 2.91. The Morgan fingerprint density at radius 3 is 2.79 bits per heavy atom. The van der Waals surface area contributed by atoms with E-state index in [9.17, 15) is 9.59 Å². The van der Waals surface area contributed by atoms with Crippen molar-refractivity contribution in [3.05, 3.63) is 53.5 Å². The van der Waals surface area contributed by atoms with Crippen LogP contribution < -0.4 is 10.6 Å². The first-order chi connectivity index (χ1) is 14.1. The Morgan fingerprint density at radius 2 is 2.03 bits per heavy atom. The number of amides is 2. The van der Waals surface area contributed by atoms with Crippen molar-refractivity contribution in [2.24, 2.45) is 11.8 Å². The van der Waals surface area contributed by atoms with Crippen molar-refractivity contribution in [3.8, 4) is 0 Å². The van der Waals surface area contributed by atoms with Crippen LogP contribution in [-0.2, 0) is 4.74 Å². The summed E-state index contributed by atoms with van der Waals surface area (Å²) >= 11 is 0. The van der Waals surface area contributed by atoms with Crippen LogP contribution in [0.2, 0.25) is 0 Å². The summed E-state index contributed by atoms with van der Waals surface area (Å²) in [4.78, 5) is 28.5. The van der Waals surface area contributed by atoms with Crippen molar-refractivity contribution in [1.29, 1.82) is 0 Å². The van der Waals surface area contributed by atoms with Crippen molar-refractivity contribution < 1.29 is 14.3 Å². The monoisotopic (exact) mass is 393 g/mol. The summed E-state index contributed by atoms with van der Waals surface area (Å²) in [5, 5.41) is 11.2. The fourth-order valence-electron chi connectivity index (χ4n) is 4.38. The summed E-state index contributed by atoms with van der Waals surface area (Å²) < 4.78 is 7.05. The van der Waals surface area contributed by atoms with E-state index >= 15 is 0 Å². The van der Waals surface area contributed by atoms with Crippen LogP contribution in [0.4, 0.5) is 0 Å². The third-order valence-corrected chi connectivity index (χ3v) is 6.12. The Bertz CT molecular complexity index is 1090. The fraction of sp³-hybridized carbons (Fsp3) is 0.381. The zero-order valence-corrected chi connectivity index (χ0v) is 16.3. The van der Waals surface area contributed by atoms with E-state index in [1.54, 1.807) is 17.8 Å². The minimum atomic E-state index is -0.318. The van der Waals surface area contributed by atoms with Crippen LogP contribution in [0, 0.1) is 11.8 Å². The number of carbonyl (C=O) groups excluding carboxylic acids is 2. The number of rotatable bonds is 5. The number of carbonyl (C=O) groups is 2. The highest BCUT2D eigenvalue weighted by Gasteiger charge is 2.55. The van der Waals surface area contributed by atoms with Crippen molar-refractivity contribution in [2.75, 3.05) is 20.3 Å². The first-order valence-corrected chi connectivity index (χ1v) is 9.84. The van der Waals surface area contributed by atoms with Crippen LogP contribution in [0.3, 0.4) is 0 Å². The minimum absolute atomic E-state index is 0.145. The zero-order chi connectivity index (χ0) is 20.1. The molecule has 3 N–H and O–H groups in total. The van der Waals surface area contributed by atoms with Crippen LogP contribution >= 0.6 is 0 Å². The number of aromatic nitrogens is 3. The van der Waals surface area contributed by atoms with Gasteiger partial charge in [-0.15, -0.1) is 0 Å². The fourth-order valence-corrected chi connectivity index (χ4v) is 4.38. The molecule has 0 bridgehead atoms. The van der Waals surface area contributed by atoms with Crippen molar-refractivity contribution in [3.63, 3.8) is 0 Å². The van der Waals surface area contributed by atoms with Gasteiger partial charge in [0.1, 0.15) is 5.69 Å². The van der Waals surface area contributed by atoms with E-state index in [0.29, 0.717) is 30.7 Å². The topological polar surface area (TPSA) is 101 Å². The molecule has 2 fully saturated rings. The number of hydrogen-bond donors (Lipinski definition) is 3. The van der Waals surface area contributed by atoms with Crippen LogP contribution in [0.15, 0.2) is 36.5 Å². The number of fused-ring (bicyclic) bond motifs is 2. The molecule has 1 aliphatic carbocycles. The molecule has 3 unspecified atom stereocenters. The van der Waals surface area contributed by atoms with E-state index in [0.717, 1.165) is 16.5 Å². The van der Waals surface area contributed by atoms with E-state index < -0.39 is 0 Å². The maximum Gasteiger partial charge on any atom is 0.271 e. The average Bonchev–Trinajstić information content (AvgIpc) is 3.27. The summed E-state index contributed by atoms with van der Waals surface area (Å²) in [6, 6.07) is 9.49. The number of nitrogens with one attached hydrogen (secondary N) is 3. The van der Waals surface area contributed by atoms with Gasteiger partial charge in [0.05, 0.1) is 19.3 Å². The van der Waals surface area contributed by atoms with Gasteiger partial charge in [0.25, 0.3) is 11.8 Å². The van der Waals surface area contributed by atoms with Gasteiger partial charge in [-0.05, 0) is 24.6 Å². The molecule has 0 radical (unpaired) electrons. The number of benzene rings is 1. The molecule has 3 heterocycles. The van der Waals surface area contributed by atoms with E-state index in [-0.39, 0.29) is 29.6 Å². The highest BCUT2D eigenvalue weighted by molar-refractivity contribution is 5.98. The summed E-state index contributed by atoms with van der Waals surface area (Å²) in [5.41, 5.74) is 2.66. The average molecular weight is 393 g/mol. The smallest absolute Gasteiger partial charge is 0.271 e. The number of H-pyrrole nitrogens is 1. The molecule has 2 amide bonds. The lowest BCUT2D eigenvalue weighted by Crippen LogP contribution is -2.32. The highest BCUT2D eigenvalue weighted by Crippen LogP contribution is 2.44. The largest absolute Gasteiger partial charge is 0.381 e. The van der Waals surface area contributed by atoms with E-state index in [2.05, 4.69) is 20.7 Å². The van der Waals surface area contributed by atoms with Gasteiger partial charge in [-0.2, -0.15) is 5.10 Å². The van der Waals surface area contributed by atoms with Crippen LogP contribution in [0.1, 0.15) is 39.5 Å². The standard InChI is InChI=1S/C21H23N5O3/c1-11(12-4-3-5-16-13(12)6-7-23-16)26-18(8-17(25-26)20(27)22-2)21(28)24-19-14-9-29-10-15(14)19/h3-8,11,14-15,19,23H,9-10H2,1-2H3,(H,22,27)(H,24,28). The van der Waals surface area contributed by atoms with E-state index in [1.807, 2.05) is 37.4 Å². The molecule has 1 aromatic carbocycles. The van der Waals surface area contributed by atoms with Gasteiger partial charge < -0.3 is 20.4 Å². The molecule has 2 aromatic heterocycles. The lowest BCUT2D eigenvalue weighted by Gasteiger charge is -2.17.